The van der Waals surface area contributed by atoms with Crippen LogP contribution < -0.4 is 0 Å². The Morgan fingerprint density at radius 3 is 1.65 bits per heavy atom. The molecule has 0 aromatic carbocycles. The van der Waals surface area contributed by atoms with Gasteiger partial charge in [0.15, 0.2) is 0 Å². The Hall–Kier alpha value is -0.530. The summed E-state index contributed by atoms with van der Waals surface area (Å²) in [6.07, 6.45) is 16.7. The molecule has 0 aliphatic heterocycles. The molecule has 0 spiro atoms. The third kappa shape index (κ3) is 8.23. The van der Waals surface area contributed by atoms with E-state index in [0.29, 0.717) is 12.3 Å². The molecule has 2 saturated carbocycles. The Labute approximate surface area is 106 Å². The fourth-order valence-electron chi connectivity index (χ4n) is 2.86. The van der Waals surface area contributed by atoms with Crippen molar-refractivity contribution in [3.05, 3.63) is 0 Å². The van der Waals surface area contributed by atoms with Gasteiger partial charge in [-0.1, -0.05) is 70.6 Å². The van der Waals surface area contributed by atoms with Crippen LogP contribution in [-0.4, -0.2) is 11.1 Å². The van der Waals surface area contributed by atoms with E-state index in [1.54, 1.807) is 0 Å². The number of aliphatic carboxylic acids is 1. The van der Waals surface area contributed by atoms with Crippen LogP contribution in [0, 0.1) is 5.92 Å². The fraction of sp³-hybridized carbons (Fsp3) is 0.933. The number of carboxylic acids is 1. The Morgan fingerprint density at radius 1 is 0.824 bits per heavy atom. The van der Waals surface area contributed by atoms with Gasteiger partial charge in [0.25, 0.3) is 0 Å². The summed E-state index contributed by atoms with van der Waals surface area (Å²) in [4.78, 5) is 10.2. The first kappa shape index (κ1) is 14.5. The van der Waals surface area contributed by atoms with E-state index in [-0.39, 0.29) is 0 Å². The van der Waals surface area contributed by atoms with Gasteiger partial charge >= 0.3 is 5.97 Å². The average Bonchev–Trinajstić information content (AvgIpc) is 2.40. The van der Waals surface area contributed by atoms with Gasteiger partial charge in [0.2, 0.25) is 0 Å². The maximum atomic E-state index is 10.2. The highest BCUT2D eigenvalue weighted by atomic mass is 16.4. The van der Waals surface area contributed by atoms with E-state index in [1.807, 2.05) is 0 Å². The zero-order chi connectivity index (χ0) is 12.3. The van der Waals surface area contributed by atoms with Gasteiger partial charge in [-0.25, -0.2) is 0 Å². The van der Waals surface area contributed by atoms with Crippen molar-refractivity contribution in [3.8, 4) is 0 Å². The summed E-state index contributed by atoms with van der Waals surface area (Å²) in [5.41, 5.74) is 0. The lowest BCUT2D eigenvalue weighted by Gasteiger charge is -2.20. The summed E-state index contributed by atoms with van der Waals surface area (Å²) in [5, 5.41) is 8.44. The van der Waals surface area contributed by atoms with Gasteiger partial charge in [-0.3, -0.25) is 4.79 Å². The summed E-state index contributed by atoms with van der Waals surface area (Å²) in [5.74, 6) is 0.0652. The Balaban J connectivity index is 0.000000202. The van der Waals surface area contributed by atoms with Crippen LogP contribution in [0.15, 0.2) is 0 Å². The summed E-state index contributed by atoms with van der Waals surface area (Å²) in [6.45, 7) is 0. The molecule has 2 rings (SSSR count). The van der Waals surface area contributed by atoms with Crippen molar-refractivity contribution in [2.45, 2.75) is 83.5 Å². The zero-order valence-electron chi connectivity index (χ0n) is 11.1. The molecule has 17 heavy (non-hydrogen) atoms. The van der Waals surface area contributed by atoms with Crippen LogP contribution in [0.25, 0.3) is 0 Å². The predicted octanol–water partition coefficient (Wildman–Crippen LogP) is 4.77. The second kappa shape index (κ2) is 9.49. The molecular weight excluding hydrogens is 212 g/mol. The minimum Gasteiger partial charge on any atom is -0.481 e. The van der Waals surface area contributed by atoms with Crippen molar-refractivity contribution in [1.29, 1.82) is 0 Å². The van der Waals surface area contributed by atoms with E-state index >= 15 is 0 Å². The van der Waals surface area contributed by atoms with Crippen molar-refractivity contribution in [1.82, 2.24) is 0 Å². The number of hydrogen-bond donors (Lipinski definition) is 1. The van der Waals surface area contributed by atoms with Crippen molar-refractivity contribution < 1.29 is 9.90 Å². The SMILES string of the molecule is C1CCCCC1.O=C(O)CCC1CCCCC1. The van der Waals surface area contributed by atoms with Gasteiger partial charge < -0.3 is 5.11 Å². The third-order valence-electron chi connectivity index (χ3n) is 3.99. The number of carboxylic acid groups (broad SMARTS) is 1. The van der Waals surface area contributed by atoms with Gasteiger partial charge in [-0.05, 0) is 12.3 Å². The highest BCUT2D eigenvalue weighted by molar-refractivity contribution is 5.66. The monoisotopic (exact) mass is 240 g/mol. The van der Waals surface area contributed by atoms with Crippen LogP contribution in [0.5, 0.6) is 0 Å². The average molecular weight is 240 g/mol. The maximum absolute atomic E-state index is 10.2. The van der Waals surface area contributed by atoms with Gasteiger partial charge in [-0.15, -0.1) is 0 Å². The zero-order valence-corrected chi connectivity index (χ0v) is 11.1. The minimum atomic E-state index is -0.643. The van der Waals surface area contributed by atoms with E-state index in [1.165, 1.54) is 70.6 Å². The molecule has 0 unspecified atom stereocenters. The first-order valence-electron chi connectivity index (χ1n) is 7.51. The van der Waals surface area contributed by atoms with Crippen LogP contribution >= 0.6 is 0 Å². The Bertz CT molecular complexity index is 180. The lowest BCUT2D eigenvalue weighted by molar-refractivity contribution is -0.137. The lowest BCUT2D eigenvalue weighted by atomic mass is 9.86. The van der Waals surface area contributed by atoms with Gasteiger partial charge in [0.05, 0.1) is 0 Å². The molecule has 0 aromatic heterocycles. The molecule has 0 saturated heterocycles. The number of rotatable bonds is 3. The van der Waals surface area contributed by atoms with Crippen molar-refractivity contribution in [2.75, 3.05) is 0 Å². The van der Waals surface area contributed by atoms with E-state index in [0.717, 1.165) is 6.42 Å². The van der Waals surface area contributed by atoms with Crippen molar-refractivity contribution in [2.24, 2.45) is 5.92 Å². The minimum absolute atomic E-state index is 0.366. The Kier molecular flexibility index (Phi) is 8.12. The van der Waals surface area contributed by atoms with Gasteiger partial charge in [0.1, 0.15) is 0 Å². The molecule has 0 amide bonds. The number of carbonyl (C=O) groups is 1. The van der Waals surface area contributed by atoms with Crippen LogP contribution in [0.4, 0.5) is 0 Å². The first-order chi connectivity index (χ1) is 8.29. The van der Waals surface area contributed by atoms with Crippen LogP contribution in [-0.2, 0) is 4.79 Å². The molecule has 100 valence electrons. The van der Waals surface area contributed by atoms with Crippen LogP contribution in [0.2, 0.25) is 0 Å². The summed E-state index contributed by atoms with van der Waals surface area (Å²) >= 11 is 0. The van der Waals surface area contributed by atoms with E-state index < -0.39 is 5.97 Å². The highest BCUT2D eigenvalue weighted by Gasteiger charge is 2.13. The molecule has 0 radical (unpaired) electrons. The predicted molar refractivity (Wildman–Crippen MR) is 71.1 cm³/mol. The van der Waals surface area contributed by atoms with Gasteiger partial charge in [0, 0.05) is 6.42 Å². The summed E-state index contributed by atoms with van der Waals surface area (Å²) in [6, 6.07) is 0. The molecule has 0 heterocycles. The standard InChI is InChI=1S/C9H16O2.C6H12/c10-9(11)7-6-8-4-2-1-3-5-8;1-2-4-6-5-3-1/h8H,1-7H2,(H,10,11);1-6H2. The largest absolute Gasteiger partial charge is 0.481 e. The van der Waals surface area contributed by atoms with Crippen LogP contribution in [0.3, 0.4) is 0 Å². The van der Waals surface area contributed by atoms with E-state index in [4.69, 9.17) is 5.11 Å². The quantitative estimate of drug-likeness (QED) is 0.771. The molecule has 0 aromatic rings. The summed E-state index contributed by atoms with van der Waals surface area (Å²) in [7, 11) is 0. The smallest absolute Gasteiger partial charge is 0.303 e. The molecule has 2 aliphatic carbocycles. The van der Waals surface area contributed by atoms with Crippen molar-refractivity contribution >= 4 is 5.97 Å². The summed E-state index contributed by atoms with van der Waals surface area (Å²) < 4.78 is 0. The normalized spacial score (nSPS) is 21.4. The first-order valence-corrected chi connectivity index (χ1v) is 7.51. The number of hydrogen-bond acceptors (Lipinski definition) is 1. The molecule has 2 nitrogen and oxygen atoms in total. The lowest BCUT2D eigenvalue weighted by Crippen LogP contribution is -2.08. The Morgan fingerprint density at radius 2 is 1.24 bits per heavy atom. The molecule has 2 aliphatic rings. The van der Waals surface area contributed by atoms with Gasteiger partial charge in [-0.2, -0.15) is 0 Å². The third-order valence-corrected chi connectivity index (χ3v) is 3.99. The topological polar surface area (TPSA) is 37.3 Å². The second-order valence-electron chi connectivity index (χ2n) is 5.56. The molecule has 0 bridgehead atoms. The fourth-order valence-corrected chi connectivity index (χ4v) is 2.86. The molecule has 2 heteroatoms. The van der Waals surface area contributed by atoms with E-state index in [2.05, 4.69) is 0 Å². The molecular formula is C15H28O2. The van der Waals surface area contributed by atoms with Crippen LogP contribution in [0.1, 0.15) is 83.5 Å². The second-order valence-corrected chi connectivity index (χ2v) is 5.56. The highest BCUT2D eigenvalue weighted by Crippen LogP contribution is 2.26. The molecule has 1 N–H and O–H groups in total. The van der Waals surface area contributed by atoms with Crippen molar-refractivity contribution in [3.63, 3.8) is 0 Å². The molecule has 0 atom stereocenters. The molecule has 2 fully saturated rings. The maximum Gasteiger partial charge on any atom is 0.303 e. The van der Waals surface area contributed by atoms with E-state index in [9.17, 15) is 4.79 Å².